The number of hydrogen-bond donors (Lipinski definition) is 1. The number of nitrogens with zero attached hydrogens (tertiary/aromatic N) is 5. The Kier molecular flexibility index (Phi) is 6.19. The zero-order valence-corrected chi connectivity index (χ0v) is 16.8. The van der Waals surface area contributed by atoms with Crippen molar-refractivity contribution in [3.63, 3.8) is 0 Å². The Morgan fingerprint density at radius 1 is 1.20 bits per heavy atom. The first-order valence-electron chi connectivity index (χ1n) is 9.87. The molecule has 156 valence electrons. The molecule has 30 heavy (non-hydrogen) atoms. The maximum absolute atomic E-state index is 12.7. The minimum absolute atomic E-state index is 0.130. The summed E-state index contributed by atoms with van der Waals surface area (Å²) in [4.78, 5) is 29.9. The third-order valence-corrected chi connectivity index (χ3v) is 4.84. The maximum atomic E-state index is 12.7. The van der Waals surface area contributed by atoms with Crippen LogP contribution in [0, 0.1) is 0 Å². The van der Waals surface area contributed by atoms with Gasteiger partial charge in [-0.2, -0.15) is 4.98 Å². The average Bonchev–Trinajstić information content (AvgIpc) is 3.31. The van der Waals surface area contributed by atoms with Crippen LogP contribution in [-0.2, 0) is 11.2 Å². The molecule has 3 aromatic rings. The van der Waals surface area contributed by atoms with E-state index in [4.69, 9.17) is 14.1 Å². The number of ether oxygens (including phenoxy) is 1. The Bertz CT molecular complexity index is 958. The lowest BCUT2D eigenvalue weighted by Crippen LogP contribution is -2.37. The Morgan fingerprint density at radius 2 is 2.00 bits per heavy atom. The van der Waals surface area contributed by atoms with Crippen LogP contribution in [0.15, 0.2) is 53.3 Å². The monoisotopic (exact) mass is 408 g/mol. The number of rotatable bonds is 7. The van der Waals surface area contributed by atoms with Crippen LogP contribution in [-0.4, -0.2) is 60.8 Å². The van der Waals surface area contributed by atoms with Crippen LogP contribution < -0.4 is 15.1 Å². The van der Waals surface area contributed by atoms with E-state index >= 15 is 0 Å². The van der Waals surface area contributed by atoms with Crippen molar-refractivity contribution in [2.24, 2.45) is 0 Å². The van der Waals surface area contributed by atoms with Gasteiger partial charge in [0.15, 0.2) is 0 Å². The van der Waals surface area contributed by atoms with Crippen LogP contribution in [0.1, 0.15) is 16.1 Å². The lowest BCUT2D eigenvalue weighted by Gasteiger charge is -2.29. The molecule has 9 nitrogen and oxygen atoms in total. The van der Waals surface area contributed by atoms with Gasteiger partial charge in [-0.3, -0.25) is 10.1 Å². The highest BCUT2D eigenvalue weighted by molar-refractivity contribution is 6.02. The highest BCUT2D eigenvalue weighted by atomic mass is 16.5. The fourth-order valence-corrected chi connectivity index (χ4v) is 3.15. The van der Waals surface area contributed by atoms with Gasteiger partial charge < -0.3 is 19.0 Å². The Balaban J connectivity index is 1.56. The fraction of sp³-hybridized carbons (Fsp3) is 0.333. The largest absolute Gasteiger partial charge is 0.432 e. The number of anilines is 3. The Hall–Kier alpha value is -3.46. The van der Waals surface area contributed by atoms with Crippen molar-refractivity contribution in [2.75, 3.05) is 55.0 Å². The van der Waals surface area contributed by atoms with Crippen molar-refractivity contribution < 1.29 is 13.9 Å². The van der Waals surface area contributed by atoms with Crippen molar-refractivity contribution in [3.05, 3.63) is 60.1 Å². The number of likely N-dealkylation sites (N-methyl/N-ethyl adjacent to an activating group) is 1. The predicted molar refractivity (Wildman–Crippen MR) is 113 cm³/mol. The molecule has 1 aliphatic heterocycles. The van der Waals surface area contributed by atoms with Crippen molar-refractivity contribution in [3.8, 4) is 0 Å². The highest BCUT2D eigenvalue weighted by Gasteiger charge is 2.20. The number of oxazole rings is 1. The smallest absolute Gasteiger partial charge is 0.301 e. The third kappa shape index (κ3) is 4.93. The summed E-state index contributed by atoms with van der Waals surface area (Å²) in [5.41, 5.74) is 1.49. The van der Waals surface area contributed by atoms with Crippen LogP contribution in [0.3, 0.4) is 0 Å². The summed E-state index contributed by atoms with van der Waals surface area (Å²) in [5, 5.41) is 2.62. The van der Waals surface area contributed by atoms with E-state index in [1.165, 1.54) is 18.0 Å². The zero-order chi connectivity index (χ0) is 20.8. The third-order valence-electron chi connectivity index (χ3n) is 4.84. The van der Waals surface area contributed by atoms with Crippen LogP contribution in [0.25, 0.3) is 0 Å². The van der Waals surface area contributed by atoms with Crippen molar-refractivity contribution in [1.29, 1.82) is 0 Å². The van der Waals surface area contributed by atoms with Gasteiger partial charge in [0.25, 0.3) is 5.91 Å². The molecule has 0 spiro atoms. The molecule has 9 heteroatoms. The number of amides is 1. The second-order valence-electron chi connectivity index (χ2n) is 6.96. The molecule has 1 aromatic carbocycles. The molecule has 2 aromatic heterocycles. The number of benzene rings is 1. The van der Waals surface area contributed by atoms with Gasteiger partial charge in [-0.1, -0.05) is 30.3 Å². The number of hydrogen-bond acceptors (Lipinski definition) is 8. The molecule has 1 saturated heterocycles. The SMILES string of the molecule is CN(CCc1ccccc1)c1nc(C(=O)Nc2ncco2)cc(N2CCOCC2)n1. The van der Waals surface area contributed by atoms with Crippen LogP contribution in [0.4, 0.5) is 17.8 Å². The van der Waals surface area contributed by atoms with Gasteiger partial charge in [0.1, 0.15) is 17.8 Å². The van der Waals surface area contributed by atoms with Gasteiger partial charge in [0, 0.05) is 32.7 Å². The molecule has 1 N–H and O–H groups in total. The van der Waals surface area contributed by atoms with Gasteiger partial charge in [0.2, 0.25) is 5.95 Å². The van der Waals surface area contributed by atoms with E-state index in [1.54, 1.807) is 6.07 Å². The van der Waals surface area contributed by atoms with E-state index in [0.29, 0.717) is 38.1 Å². The van der Waals surface area contributed by atoms with Gasteiger partial charge in [-0.15, -0.1) is 0 Å². The number of morpholine rings is 1. The van der Waals surface area contributed by atoms with Gasteiger partial charge in [-0.25, -0.2) is 9.97 Å². The van der Waals surface area contributed by atoms with Crippen LogP contribution >= 0.6 is 0 Å². The number of carbonyl (C=O) groups is 1. The number of aromatic nitrogens is 3. The van der Waals surface area contributed by atoms with E-state index in [9.17, 15) is 4.79 Å². The zero-order valence-electron chi connectivity index (χ0n) is 16.8. The minimum Gasteiger partial charge on any atom is -0.432 e. The fourth-order valence-electron chi connectivity index (χ4n) is 3.15. The molecular formula is C21H24N6O3. The van der Waals surface area contributed by atoms with E-state index in [-0.39, 0.29) is 11.7 Å². The summed E-state index contributed by atoms with van der Waals surface area (Å²) in [7, 11) is 1.93. The van der Waals surface area contributed by atoms with Crippen molar-refractivity contribution in [1.82, 2.24) is 15.0 Å². The first-order valence-corrected chi connectivity index (χ1v) is 9.87. The topological polar surface area (TPSA) is 96.6 Å². The van der Waals surface area contributed by atoms with Crippen molar-refractivity contribution >= 4 is 23.7 Å². The molecule has 0 saturated carbocycles. The highest BCUT2D eigenvalue weighted by Crippen LogP contribution is 2.19. The molecule has 1 amide bonds. The number of nitrogens with one attached hydrogen (secondary N) is 1. The first-order chi connectivity index (χ1) is 14.7. The molecule has 4 rings (SSSR count). The molecule has 1 fully saturated rings. The summed E-state index contributed by atoms with van der Waals surface area (Å²) < 4.78 is 10.6. The molecule has 0 radical (unpaired) electrons. The first kappa shape index (κ1) is 19.8. The van der Waals surface area contributed by atoms with Gasteiger partial charge >= 0.3 is 6.01 Å². The van der Waals surface area contributed by atoms with Crippen LogP contribution in [0.5, 0.6) is 0 Å². The quantitative estimate of drug-likeness (QED) is 0.636. The molecule has 0 aliphatic carbocycles. The van der Waals surface area contributed by atoms with Gasteiger partial charge in [-0.05, 0) is 12.0 Å². The predicted octanol–water partition coefficient (Wildman–Crippen LogP) is 2.23. The second-order valence-corrected chi connectivity index (χ2v) is 6.96. The normalized spacial score (nSPS) is 13.8. The second kappa shape index (κ2) is 9.36. The van der Waals surface area contributed by atoms with Crippen LogP contribution in [0.2, 0.25) is 0 Å². The summed E-state index contributed by atoms with van der Waals surface area (Å²) >= 11 is 0. The average molecular weight is 408 g/mol. The minimum atomic E-state index is -0.396. The molecule has 0 bridgehead atoms. The lowest BCUT2D eigenvalue weighted by atomic mass is 10.1. The van der Waals surface area contributed by atoms with Crippen molar-refractivity contribution in [2.45, 2.75) is 6.42 Å². The molecule has 0 atom stereocenters. The van der Waals surface area contributed by atoms with Gasteiger partial charge in [0.05, 0.1) is 19.4 Å². The summed E-state index contributed by atoms with van der Waals surface area (Å²) in [6, 6.07) is 12.1. The molecule has 0 unspecified atom stereocenters. The lowest BCUT2D eigenvalue weighted by molar-refractivity contribution is 0.101. The van der Waals surface area contributed by atoms with E-state index < -0.39 is 5.91 Å². The Labute approximate surface area is 174 Å². The number of carbonyl (C=O) groups excluding carboxylic acids is 1. The molecule has 1 aliphatic rings. The summed E-state index contributed by atoms with van der Waals surface area (Å²) in [6.45, 7) is 3.40. The molecular weight excluding hydrogens is 384 g/mol. The summed E-state index contributed by atoms with van der Waals surface area (Å²) in [5.74, 6) is 0.798. The molecule has 3 heterocycles. The standard InChI is InChI=1S/C21H24N6O3/c1-26(9-7-16-5-3-2-4-6-16)20-23-17(19(28)25-21-22-8-12-30-21)15-18(24-20)27-10-13-29-14-11-27/h2-6,8,12,15H,7,9-11,13-14H2,1H3,(H,22,25,28). The van der Waals surface area contributed by atoms with E-state index in [0.717, 1.165) is 13.0 Å². The maximum Gasteiger partial charge on any atom is 0.301 e. The summed E-state index contributed by atoms with van der Waals surface area (Å²) in [6.07, 6.45) is 3.72. The Morgan fingerprint density at radius 3 is 2.73 bits per heavy atom. The van der Waals surface area contributed by atoms with E-state index in [2.05, 4.69) is 32.3 Å². The van der Waals surface area contributed by atoms with E-state index in [1.807, 2.05) is 30.1 Å².